The number of rotatable bonds is 4. The Balaban J connectivity index is 1.78. The Morgan fingerprint density at radius 3 is 3.00 bits per heavy atom. The second-order valence-electron chi connectivity index (χ2n) is 3.80. The molecule has 0 saturated heterocycles. The summed E-state index contributed by atoms with van der Waals surface area (Å²) >= 11 is 1.61. The van der Waals surface area contributed by atoms with Crippen LogP contribution in [0, 0.1) is 0 Å². The van der Waals surface area contributed by atoms with Crippen LogP contribution in [0.25, 0.3) is 5.65 Å². The van der Waals surface area contributed by atoms with Gasteiger partial charge in [-0.2, -0.15) is 0 Å². The molecule has 3 aromatic rings. The predicted octanol–water partition coefficient (Wildman–Crippen LogP) is 1.82. The quantitative estimate of drug-likeness (QED) is 0.676. The van der Waals surface area contributed by atoms with Gasteiger partial charge in [-0.25, -0.2) is 0 Å². The fraction of sp³-hybridized carbons (Fsp3) is 0.167. The van der Waals surface area contributed by atoms with Gasteiger partial charge < -0.3 is 4.74 Å². The number of methoxy groups -OCH3 is 1. The number of hydrogen-bond donors (Lipinski definition) is 0. The summed E-state index contributed by atoms with van der Waals surface area (Å²) in [4.78, 5) is 0. The second kappa shape index (κ2) is 5.23. The normalized spacial score (nSPS) is 10.8. The molecule has 0 aliphatic heterocycles. The minimum atomic E-state index is 0.640. The van der Waals surface area contributed by atoms with Crippen molar-refractivity contribution in [1.82, 2.24) is 25.3 Å². The van der Waals surface area contributed by atoms with Crippen LogP contribution in [-0.2, 0) is 5.75 Å². The molecule has 96 valence electrons. The van der Waals surface area contributed by atoms with Crippen molar-refractivity contribution >= 4 is 17.4 Å². The summed E-state index contributed by atoms with van der Waals surface area (Å²) in [5.41, 5.74) is 1.77. The van der Waals surface area contributed by atoms with Crippen molar-refractivity contribution in [3.05, 3.63) is 42.0 Å². The fourth-order valence-electron chi connectivity index (χ4n) is 1.68. The fourth-order valence-corrected chi connectivity index (χ4v) is 2.53. The van der Waals surface area contributed by atoms with Gasteiger partial charge in [0.05, 0.1) is 7.11 Å². The maximum Gasteiger partial charge on any atom is 0.200 e. The van der Waals surface area contributed by atoms with Gasteiger partial charge in [0.25, 0.3) is 0 Å². The lowest BCUT2D eigenvalue weighted by Gasteiger charge is -2.07. The number of nitrogens with zero attached hydrogens (tertiary/aromatic N) is 5. The molecule has 6 nitrogen and oxygen atoms in total. The van der Waals surface area contributed by atoms with Crippen molar-refractivity contribution in [1.29, 1.82) is 0 Å². The first-order chi connectivity index (χ1) is 9.36. The molecule has 2 heterocycles. The number of aromatic nitrogens is 5. The van der Waals surface area contributed by atoms with Crippen LogP contribution in [0.2, 0.25) is 0 Å². The lowest BCUT2D eigenvalue weighted by molar-refractivity contribution is 0.411. The summed E-state index contributed by atoms with van der Waals surface area (Å²) < 4.78 is 6.74. The number of ether oxygens (including phenoxy) is 1. The van der Waals surface area contributed by atoms with Crippen LogP contribution in [0.4, 0.5) is 0 Å². The molecule has 0 radical (unpaired) electrons. The number of hydrogen-bond acceptors (Lipinski definition) is 6. The maximum atomic E-state index is 5.32. The van der Waals surface area contributed by atoms with E-state index in [1.165, 1.54) is 4.63 Å². The molecule has 0 N–H and O–H groups in total. The highest BCUT2D eigenvalue weighted by Crippen LogP contribution is 2.26. The monoisotopic (exact) mass is 273 g/mol. The van der Waals surface area contributed by atoms with Crippen LogP contribution in [0.3, 0.4) is 0 Å². The Kier molecular flexibility index (Phi) is 3.28. The van der Waals surface area contributed by atoms with E-state index in [4.69, 9.17) is 4.74 Å². The van der Waals surface area contributed by atoms with E-state index in [-0.39, 0.29) is 0 Å². The van der Waals surface area contributed by atoms with Crippen LogP contribution in [-0.4, -0.2) is 32.4 Å². The molecule has 0 spiro atoms. The Morgan fingerprint density at radius 2 is 2.11 bits per heavy atom. The third kappa shape index (κ3) is 2.50. The van der Waals surface area contributed by atoms with E-state index in [0.29, 0.717) is 5.65 Å². The Labute approximate surface area is 113 Å². The number of benzene rings is 1. The molecule has 1 aromatic carbocycles. The number of fused-ring (bicyclic) bond motifs is 1. The van der Waals surface area contributed by atoms with Crippen molar-refractivity contribution in [2.75, 3.05) is 7.11 Å². The Bertz CT molecular complexity index is 699. The summed E-state index contributed by atoms with van der Waals surface area (Å²) in [5, 5.41) is 16.3. The van der Waals surface area contributed by atoms with Crippen molar-refractivity contribution in [3.8, 4) is 5.75 Å². The zero-order chi connectivity index (χ0) is 13.1. The van der Waals surface area contributed by atoms with Gasteiger partial charge in [0.1, 0.15) is 10.8 Å². The first kappa shape index (κ1) is 11.9. The van der Waals surface area contributed by atoms with Crippen molar-refractivity contribution in [2.24, 2.45) is 0 Å². The lowest BCUT2D eigenvalue weighted by atomic mass is 10.2. The summed E-state index contributed by atoms with van der Waals surface area (Å²) in [6.45, 7) is 0. The Morgan fingerprint density at radius 1 is 1.21 bits per heavy atom. The largest absolute Gasteiger partial charge is 0.496 e. The van der Waals surface area contributed by atoms with Crippen molar-refractivity contribution in [2.45, 2.75) is 10.8 Å². The topological polar surface area (TPSA) is 65.2 Å². The molecule has 3 rings (SSSR count). The van der Waals surface area contributed by atoms with Gasteiger partial charge in [-0.15, -0.1) is 14.8 Å². The van der Waals surface area contributed by atoms with Crippen LogP contribution in [0.1, 0.15) is 5.56 Å². The summed E-state index contributed by atoms with van der Waals surface area (Å²) in [6.07, 6.45) is 0. The standard InChI is InChI=1S/C12H11N5OS/c1-18-10-5-3-2-4-9(10)8-19-12-7-6-11-13-15-16-17(11)14-12/h2-7H,8H2,1H3. The zero-order valence-electron chi connectivity index (χ0n) is 10.2. The number of para-hydroxylation sites is 1. The first-order valence-electron chi connectivity index (χ1n) is 5.67. The second-order valence-corrected chi connectivity index (χ2v) is 4.79. The van der Waals surface area contributed by atoms with Crippen molar-refractivity contribution in [3.63, 3.8) is 0 Å². The summed E-state index contributed by atoms with van der Waals surface area (Å²) in [5.74, 6) is 1.67. The third-order valence-electron chi connectivity index (χ3n) is 2.61. The molecular formula is C12H11N5OS. The molecule has 0 saturated carbocycles. The molecule has 0 amide bonds. The number of tetrazole rings is 1. The number of thioether (sulfide) groups is 1. The lowest BCUT2D eigenvalue weighted by Crippen LogP contribution is -1.96. The Hall–Kier alpha value is -2.15. The van der Waals surface area contributed by atoms with Gasteiger partial charge >= 0.3 is 0 Å². The van der Waals surface area contributed by atoms with Crippen LogP contribution in [0.15, 0.2) is 41.4 Å². The minimum absolute atomic E-state index is 0.640. The predicted molar refractivity (Wildman–Crippen MR) is 71.1 cm³/mol. The van der Waals surface area contributed by atoms with Crippen molar-refractivity contribution < 1.29 is 4.74 Å². The van der Waals surface area contributed by atoms with Gasteiger partial charge in [-0.3, -0.25) is 0 Å². The van der Waals surface area contributed by atoms with Crippen LogP contribution >= 0.6 is 11.8 Å². The van der Waals surface area contributed by atoms with Gasteiger partial charge in [-0.05, 0) is 28.6 Å². The van der Waals surface area contributed by atoms with E-state index in [1.807, 2.05) is 36.4 Å². The van der Waals surface area contributed by atoms with E-state index < -0.39 is 0 Å². The highest BCUT2D eigenvalue weighted by atomic mass is 32.2. The first-order valence-corrected chi connectivity index (χ1v) is 6.65. The van der Waals surface area contributed by atoms with Crippen LogP contribution in [0.5, 0.6) is 5.75 Å². The molecule has 0 aliphatic rings. The molecule has 0 unspecified atom stereocenters. The highest BCUT2D eigenvalue weighted by Gasteiger charge is 2.05. The molecule has 7 heteroatoms. The molecule has 0 fully saturated rings. The van der Waals surface area contributed by atoms with Gasteiger partial charge in [0.15, 0.2) is 5.65 Å². The molecule has 19 heavy (non-hydrogen) atoms. The molecular weight excluding hydrogens is 262 g/mol. The van der Waals surface area contributed by atoms with E-state index in [0.717, 1.165) is 22.1 Å². The van der Waals surface area contributed by atoms with Gasteiger partial charge in [0, 0.05) is 11.3 Å². The van der Waals surface area contributed by atoms with Gasteiger partial charge in [-0.1, -0.05) is 30.0 Å². The molecule has 0 bridgehead atoms. The zero-order valence-corrected chi connectivity index (χ0v) is 11.0. The average molecular weight is 273 g/mol. The van der Waals surface area contributed by atoms with E-state index in [9.17, 15) is 0 Å². The molecule has 0 atom stereocenters. The molecule has 2 aromatic heterocycles. The van der Waals surface area contributed by atoms with E-state index in [2.05, 4.69) is 20.6 Å². The van der Waals surface area contributed by atoms with Crippen LogP contribution < -0.4 is 4.74 Å². The highest BCUT2D eigenvalue weighted by molar-refractivity contribution is 7.98. The average Bonchev–Trinajstić information content (AvgIpc) is 2.93. The van der Waals surface area contributed by atoms with E-state index >= 15 is 0 Å². The third-order valence-corrected chi connectivity index (χ3v) is 3.58. The van der Waals surface area contributed by atoms with E-state index in [1.54, 1.807) is 18.9 Å². The summed E-state index contributed by atoms with van der Waals surface area (Å²) in [6, 6.07) is 11.7. The summed E-state index contributed by atoms with van der Waals surface area (Å²) in [7, 11) is 1.68. The SMILES string of the molecule is COc1ccccc1CSc1ccc2nnnn2n1. The smallest absolute Gasteiger partial charge is 0.200 e. The van der Waals surface area contributed by atoms with Gasteiger partial charge in [0.2, 0.25) is 0 Å². The minimum Gasteiger partial charge on any atom is -0.496 e. The maximum absolute atomic E-state index is 5.32. The molecule has 0 aliphatic carbocycles.